The lowest BCUT2D eigenvalue weighted by Crippen LogP contribution is -2.18. The summed E-state index contributed by atoms with van der Waals surface area (Å²) in [5.74, 6) is 1.91. The molecule has 1 aliphatic rings. The fourth-order valence-corrected chi connectivity index (χ4v) is 2.42. The van der Waals surface area contributed by atoms with Crippen LogP contribution >= 0.6 is 0 Å². The Hall–Kier alpha value is -3.22. The van der Waals surface area contributed by atoms with Crippen molar-refractivity contribution in [1.82, 2.24) is 5.43 Å². The van der Waals surface area contributed by atoms with Crippen LogP contribution in [0.1, 0.15) is 21.5 Å². The quantitative estimate of drug-likeness (QED) is 0.667. The number of carbonyl (C=O) groups excluding carboxylic acids is 1. The first-order valence-corrected chi connectivity index (χ1v) is 7.58. The van der Waals surface area contributed by atoms with Gasteiger partial charge in [-0.15, -0.1) is 0 Å². The number of rotatable bonds is 5. The average molecular weight is 342 g/mol. The van der Waals surface area contributed by atoms with Crippen LogP contribution in [0, 0.1) is 6.92 Å². The van der Waals surface area contributed by atoms with E-state index in [1.807, 2.05) is 13.0 Å². The van der Waals surface area contributed by atoms with Crippen molar-refractivity contribution in [3.8, 4) is 23.0 Å². The second-order valence-electron chi connectivity index (χ2n) is 5.35. The Morgan fingerprint density at radius 3 is 2.56 bits per heavy atom. The van der Waals surface area contributed by atoms with E-state index in [2.05, 4.69) is 10.5 Å². The van der Waals surface area contributed by atoms with Crippen molar-refractivity contribution in [1.29, 1.82) is 0 Å². The summed E-state index contributed by atoms with van der Waals surface area (Å²) in [6.45, 7) is 2.09. The van der Waals surface area contributed by atoms with Crippen LogP contribution in [0.4, 0.5) is 0 Å². The van der Waals surface area contributed by atoms with Gasteiger partial charge in [0.1, 0.15) is 11.5 Å². The number of hydrogen-bond donors (Lipinski definition) is 1. The third-order valence-electron chi connectivity index (χ3n) is 3.70. The summed E-state index contributed by atoms with van der Waals surface area (Å²) >= 11 is 0. The zero-order valence-electron chi connectivity index (χ0n) is 14.2. The molecule has 25 heavy (non-hydrogen) atoms. The van der Waals surface area contributed by atoms with E-state index in [9.17, 15) is 4.79 Å². The highest BCUT2D eigenvalue weighted by atomic mass is 16.7. The van der Waals surface area contributed by atoms with Gasteiger partial charge in [-0.25, -0.2) is 5.43 Å². The lowest BCUT2D eigenvalue weighted by atomic mass is 10.1. The molecule has 0 atom stereocenters. The van der Waals surface area contributed by atoms with Gasteiger partial charge >= 0.3 is 0 Å². The van der Waals surface area contributed by atoms with Gasteiger partial charge in [0.25, 0.3) is 5.91 Å². The Balaban J connectivity index is 1.76. The van der Waals surface area contributed by atoms with Crippen molar-refractivity contribution in [3.05, 3.63) is 47.0 Å². The number of nitrogens with one attached hydrogen (secondary N) is 1. The van der Waals surface area contributed by atoms with Crippen molar-refractivity contribution >= 4 is 12.1 Å². The monoisotopic (exact) mass is 342 g/mol. The third-order valence-corrected chi connectivity index (χ3v) is 3.70. The molecule has 3 rings (SSSR count). The Kier molecular flexibility index (Phi) is 4.74. The predicted octanol–water partition coefficient (Wildman–Crippen LogP) is 2.50. The molecular weight excluding hydrogens is 324 g/mol. The first-order valence-electron chi connectivity index (χ1n) is 7.58. The molecule has 0 saturated carbocycles. The van der Waals surface area contributed by atoms with Gasteiger partial charge in [-0.05, 0) is 30.7 Å². The molecule has 1 amide bonds. The van der Waals surface area contributed by atoms with Crippen LogP contribution < -0.4 is 24.4 Å². The van der Waals surface area contributed by atoms with Crippen LogP contribution in [-0.4, -0.2) is 33.1 Å². The van der Waals surface area contributed by atoms with E-state index in [1.165, 1.54) is 13.3 Å². The number of fused-ring (bicyclic) bond motifs is 1. The Bertz CT molecular complexity index is 832. The van der Waals surface area contributed by atoms with E-state index in [4.69, 9.17) is 18.9 Å². The third kappa shape index (κ3) is 3.50. The molecule has 0 saturated heterocycles. The van der Waals surface area contributed by atoms with Gasteiger partial charge in [0.2, 0.25) is 6.79 Å². The minimum atomic E-state index is -0.368. The van der Waals surface area contributed by atoms with Gasteiger partial charge in [-0.3, -0.25) is 4.79 Å². The van der Waals surface area contributed by atoms with Gasteiger partial charge in [0.15, 0.2) is 11.5 Å². The summed E-state index contributed by atoms with van der Waals surface area (Å²) in [7, 11) is 3.07. The molecule has 0 bridgehead atoms. The fourth-order valence-electron chi connectivity index (χ4n) is 2.42. The van der Waals surface area contributed by atoms with Gasteiger partial charge in [0.05, 0.1) is 26.0 Å². The zero-order valence-corrected chi connectivity index (χ0v) is 14.2. The summed E-state index contributed by atoms with van der Waals surface area (Å²) in [5.41, 5.74) is 4.55. The Morgan fingerprint density at radius 1 is 1.12 bits per heavy atom. The Morgan fingerprint density at radius 2 is 1.84 bits per heavy atom. The second kappa shape index (κ2) is 7.12. The standard InChI is InChI=1S/C18H18N2O5/c1-11-4-5-13(15(6-11)23-3)18(21)20-19-9-12-7-16-17(25-10-24-16)8-14(12)22-2/h4-9H,10H2,1-3H3,(H,20,21)/b19-9+. The molecule has 7 nitrogen and oxygen atoms in total. The molecule has 0 aliphatic carbocycles. The van der Waals surface area contributed by atoms with Crippen LogP contribution in [0.5, 0.6) is 23.0 Å². The number of carbonyl (C=O) groups is 1. The number of hydrazone groups is 1. The second-order valence-corrected chi connectivity index (χ2v) is 5.35. The summed E-state index contributed by atoms with van der Waals surface area (Å²) in [6, 6.07) is 8.78. The van der Waals surface area contributed by atoms with E-state index in [-0.39, 0.29) is 12.7 Å². The average Bonchev–Trinajstić information content (AvgIpc) is 3.07. The van der Waals surface area contributed by atoms with Gasteiger partial charge in [0, 0.05) is 11.6 Å². The number of nitrogens with zero attached hydrogens (tertiary/aromatic N) is 1. The van der Waals surface area contributed by atoms with Crippen molar-refractivity contribution < 1.29 is 23.7 Å². The molecule has 2 aromatic carbocycles. The smallest absolute Gasteiger partial charge is 0.275 e. The minimum Gasteiger partial charge on any atom is -0.496 e. The van der Waals surface area contributed by atoms with Crippen LogP contribution in [0.15, 0.2) is 35.4 Å². The molecule has 0 fully saturated rings. The van der Waals surface area contributed by atoms with Crippen molar-refractivity contribution in [2.75, 3.05) is 21.0 Å². The fraction of sp³-hybridized carbons (Fsp3) is 0.222. The van der Waals surface area contributed by atoms with Crippen LogP contribution in [0.2, 0.25) is 0 Å². The van der Waals surface area contributed by atoms with Crippen LogP contribution in [-0.2, 0) is 0 Å². The zero-order chi connectivity index (χ0) is 17.8. The number of ether oxygens (including phenoxy) is 4. The van der Waals surface area contributed by atoms with Gasteiger partial charge in [-0.1, -0.05) is 6.07 Å². The topological polar surface area (TPSA) is 78.4 Å². The lowest BCUT2D eigenvalue weighted by molar-refractivity contribution is 0.0952. The molecule has 2 aromatic rings. The van der Waals surface area contributed by atoms with E-state index in [0.29, 0.717) is 34.1 Å². The van der Waals surface area contributed by atoms with Crippen LogP contribution in [0.3, 0.4) is 0 Å². The SMILES string of the molecule is COc1cc2c(cc1/C=N/NC(=O)c1ccc(C)cc1OC)OCO2. The van der Waals surface area contributed by atoms with Gasteiger partial charge in [-0.2, -0.15) is 5.10 Å². The normalized spacial score (nSPS) is 12.3. The lowest BCUT2D eigenvalue weighted by Gasteiger charge is -2.08. The maximum Gasteiger partial charge on any atom is 0.275 e. The molecule has 1 heterocycles. The maximum absolute atomic E-state index is 12.3. The molecule has 0 spiro atoms. The van der Waals surface area contributed by atoms with E-state index >= 15 is 0 Å². The molecule has 1 aliphatic heterocycles. The largest absolute Gasteiger partial charge is 0.496 e. The van der Waals surface area contributed by atoms with E-state index in [1.54, 1.807) is 31.4 Å². The highest BCUT2D eigenvalue weighted by Crippen LogP contribution is 2.37. The first-order chi connectivity index (χ1) is 12.1. The van der Waals surface area contributed by atoms with Crippen molar-refractivity contribution in [2.45, 2.75) is 6.92 Å². The first kappa shape index (κ1) is 16.6. The highest BCUT2D eigenvalue weighted by Gasteiger charge is 2.17. The van der Waals surface area contributed by atoms with Crippen molar-refractivity contribution in [2.24, 2.45) is 5.10 Å². The molecule has 0 unspecified atom stereocenters. The number of hydrogen-bond acceptors (Lipinski definition) is 6. The molecule has 1 N–H and O–H groups in total. The molecule has 130 valence electrons. The summed E-state index contributed by atoms with van der Waals surface area (Å²) in [4.78, 5) is 12.3. The predicted molar refractivity (Wildman–Crippen MR) is 91.9 cm³/mol. The van der Waals surface area contributed by atoms with Gasteiger partial charge < -0.3 is 18.9 Å². The maximum atomic E-state index is 12.3. The van der Waals surface area contributed by atoms with Crippen LogP contribution in [0.25, 0.3) is 0 Å². The minimum absolute atomic E-state index is 0.170. The number of aryl methyl sites for hydroxylation is 1. The summed E-state index contributed by atoms with van der Waals surface area (Å²) < 4.78 is 21.2. The number of amides is 1. The molecular formula is C18H18N2O5. The molecule has 0 aromatic heterocycles. The van der Waals surface area contributed by atoms with E-state index in [0.717, 1.165) is 5.56 Å². The van der Waals surface area contributed by atoms with E-state index < -0.39 is 0 Å². The number of methoxy groups -OCH3 is 2. The highest BCUT2D eigenvalue weighted by molar-refractivity contribution is 5.97. The molecule has 7 heteroatoms. The summed E-state index contributed by atoms with van der Waals surface area (Å²) in [6.07, 6.45) is 1.49. The molecule has 0 radical (unpaired) electrons. The summed E-state index contributed by atoms with van der Waals surface area (Å²) in [5, 5.41) is 3.99. The Labute approximate surface area is 145 Å². The van der Waals surface area contributed by atoms with Crippen molar-refractivity contribution in [3.63, 3.8) is 0 Å². The number of benzene rings is 2.